The molecular weight excluding hydrogens is 214 g/mol. The molecule has 92 valence electrons. The highest BCUT2D eigenvalue weighted by Crippen LogP contribution is 2.35. The number of hydrogen-bond donors (Lipinski definition) is 1. The van der Waals surface area contributed by atoms with Gasteiger partial charge in [0, 0.05) is 19.0 Å². The number of rotatable bonds is 3. The first kappa shape index (κ1) is 12.1. The number of nitrogens with zero attached hydrogens (tertiary/aromatic N) is 1. The van der Waals surface area contributed by atoms with Crippen LogP contribution in [0.15, 0.2) is 24.3 Å². The smallest absolute Gasteiger partial charge is 0.303 e. The predicted molar refractivity (Wildman–Crippen MR) is 66.9 cm³/mol. The average Bonchev–Trinajstić information content (AvgIpc) is 2.27. The lowest BCUT2D eigenvalue weighted by atomic mass is 9.84. The monoisotopic (exact) mass is 233 g/mol. The molecule has 2 unspecified atom stereocenters. The SMILES string of the molecule is CC(CC(=O)O)C1c2ccccc2CCN1C. The predicted octanol–water partition coefficient (Wildman–Crippen LogP) is 2.33. The molecule has 0 aromatic heterocycles. The second-order valence-corrected chi connectivity index (χ2v) is 4.95. The zero-order valence-electron chi connectivity index (χ0n) is 10.4. The highest BCUT2D eigenvalue weighted by molar-refractivity contribution is 5.67. The number of likely N-dealkylation sites (N-methyl/N-ethyl adjacent to an activating group) is 1. The molecule has 2 rings (SSSR count). The van der Waals surface area contributed by atoms with Crippen LogP contribution in [0.1, 0.15) is 30.5 Å². The Hall–Kier alpha value is -1.35. The maximum Gasteiger partial charge on any atom is 0.303 e. The minimum absolute atomic E-state index is 0.138. The van der Waals surface area contributed by atoms with Gasteiger partial charge in [-0.3, -0.25) is 9.69 Å². The van der Waals surface area contributed by atoms with Crippen LogP contribution in [-0.2, 0) is 11.2 Å². The fourth-order valence-corrected chi connectivity index (χ4v) is 2.85. The van der Waals surface area contributed by atoms with Gasteiger partial charge in [0.05, 0.1) is 0 Å². The molecule has 0 radical (unpaired) electrons. The van der Waals surface area contributed by atoms with Crippen LogP contribution in [0.3, 0.4) is 0 Å². The van der Waals surface area contributed by atoms with Gasteiger partial charge in [0.2, 0.25) is 0 Å². The van der Waals surface area contributed by atoms with E-state index in [9.17, 15) is 4.79 Å². The summed E-state index contributed by atoms with van der Waals surface area (Å²) in [6, 6.07) is 8.62. The Balaban J connectivity index is 2.29. The van der Waals surface area contributed by atoms with E-state index in [-0.39, 0.29) is 18.4 Å². The van der Waals surface area contributed by atoms with E-state index < -0.39 is 5.97 Å². The zero-order chi connectivity index (χ0) is 12.4. The molecule has 0 bridgehead atoms. The molecule has 0 saturated carbocycles. The van der Waals surface area contributed by atoms with Crippen LogP contribution in [0.5, 0.6) is 0 Å². The maximum atomic E-state index is 10.9. The molecule has 17 heavy (non-hydrogen) atoms. The van der Waals surface area contributed by atoms with E-state index in [4.69, 9.17) is 5.11 Å². The summed E-state index contributed by atoms with van der Waals surface area (Å²) in [5.41, 5.74) is 2.67. The maximum absolute atomic E-state index is 10.9. The van der Waals surface area contributed by atoms with E-state index >= 15 is 0 Å². The molecule has 1 aromatic rings. The molecule has 3 heteroatoms. The second-order valence-electron chi connectivity index (χ2n) is 4.95. The van der Waals surface area contributed by atoms with Crippen LogP contribution in [0.4, 0.5) is 0 Å². The average molecular weight is 233 g/mol. The summed E-state index contributed by atoms with van der Waals surface area (Å²) in [4.78, 5) is 13.1. The molecule has 1 aliphatic heterocycles. The van der Waals surface area contributed by atoms with Gasteiger partial charge in [-0.1, -0.05) is 31.2 Å². The molecule has 1 aliphatic rings. The number of hydrogen-bond acceptors (Lipinski definition) is 2. The lowest BCUT2D eigenvalue weighted by Crippen LogP contribution is -2.36. The highest BCUT2D eigenvalue weighted by atomic mass is 16.4. The molecule has 0 spiro atoms. The summed E-state index contributed by atoms with van der Waals surface area (Å²) < 4.78 is 0. The molecule has 3 nitrogen and oxygen atoms in total. The van der Waals surface area contributed by atoms with E-state index in [1.807, 2.05) is 13.0 Å². The van der Waals surface area contributed by atoms with E-state index in [1.165, 1.54) is 11.1 Å². The molecule has 0 saturated heterocycles. The van der Waals surface area contributed by atoms with Gasteiger partial charge in [0.1, 0.15) is 0 Å². The minimum atomic E-state index is -0.714. The Morgan fingerprint density at radius 3 is 2.94 bits per heavy atom. The molecular formula is C14H19NO2. The molecule has 0 aliphatic carbocycles. The van der Waals surface area contributed by atoms with Crippen LogP contribution < -0.4 is 0 Å². The fraction of sp³-hybridized carbons (Fsp3) is 0.500. The van der Waals surface area contributed by atoms with Crippen molar-refractivity contribution in [1.82, 2.24) is 4.90 Å². The van der Waals surface area contributed by atoms with Crippen molar-refractivity contribution in [3.63, 3.8) is 0 Å². The molecule has 0 amide bonds. The third-order valence-electron chi connectivity index (χ3n) is 3.62. The zero-order valence-corrected chi connectivity index (χ0v) is 10.4. The van der Waals surface area contributed by atoms with Gasteiger partial charge < -0.3 is 5.11 Å². The largest absolute Gasteiger partial charge is 0.481 e. The van der Waals surface area contributed by atoms with Crippen LogP contribution in [-0.4, -0.2) is 29.6 Å². The molecule has 1 aromatic carbocycles. The van der Waals surface area contributed by atoms with Gasteiger partial charge in [-0.2, -0.15) is 0 Å². The second kappa shape index (κ2) is 4.88. The van der Waals surface area contributed by atoms with Crippen molar-refractivity contribution in [3.05, 3.63) is 35.4 Å². The van der Waals surface area contributed by atoms with Gasteiger partial charge in [-0.15, -0.1) is 0 Å². The first-order valence-electron chi connectivity index (χ1n) is 6.09. The van der Waals surface area contributed by atoms with Crippen LogP contribution in [0, 0.1) is 5.92 Å². The Kier molecular flexibility index (Phi) is 3.48. The fourth-order valence-electron chi connectivity index (χ4n) is 2.85. The van der Waals surface area contributed by atoms with Gasteiger partial charge in [0.25, 0.3) is 0 Å². The standard InChI is InChI=1S/C14H19NO2/c1-10(9-13(16)17)14-12-6-4-3-5-11(12)7-8-15(14)2/h3-6,10,14H,7-9H2,1-2H3,(H,16,17). The minimum Gasteiger partial charge on any atom is -0.481 e. The number of carboxylic acids is 1. The number of carbonyl (C=O) groups is 1. The van der Waals surface area contributed by atoms with Crippen LogP contribution >= 0.6 is 0 Å². The van der Waals surface area contributed by atoms with E-state index in [0.717, 1.165) is 13.0 Å². The van der Waals surface area contributed by atoms with Crippen LogP contribution in [0.25, 0.3) is 0 Å². The number of aliphatic carboxylic acids is 1. The Bertz CT molecular complexity index is 416. The van der Waals surface area contributed by atoms with Crippen molar-refractivity contribution in [1.29, 1.82) is 0 Å². The van der Waals surface area contributed by atoms with Gasteiger partial charge in [-0.25, -0.2) is 0 Å². The topological polar surface area (TPSA) is 40.5 Å². The van der Waals surface area contributed by atoms with E-state index in [2.05, 4.69) is 30.1 Å². The Morgan fingerprint density at radius 2 is 2.24 bits per heavy atom. The third kappa shape index (κ3) is 2.50. The normalized spacial score (nSPS) is 21.9. The van der Waals surface area contributed by atoms with Crippen molar-refractivity contribution < 1.29 is 9.90 Å². The van der Waals surface area contributed by atoms with Gasteiger partial charge >= 0.3 is 5.97 Å². The molecule has 1 heterocycles. The van der Waals surface area contributed by atoms with Crippen molar-refractivity contribution >= 4 is 5.97 Å². The first-order chi connectivity index (χ1) is 8.09. The first-order valence-corrected chi connectivity index (χ1v) is 6.09. The summed E-state index contributed by atoms with van der Waals surface area (Å²) in [5, 5.41) is 8.93. The summed E-state index contributed by atoms with van der Waals surface area (Å²) in [5.74, 6) is -0.576. The summed E-state index contributed by atoms with van der Waals surface area (Å²) in [6.45, 7) is 3.03. The van der Waals surface area contributed by atoms with E-state index in [0.29, 0.717) is 0 Å². The number of fused-ring (bicyclic) bond motifs is 1. The third-order valence-corrected chi connectivity index (χ3v) is 3.62. The lowest BCUT2D eigenvalue weighted by Gasteiger charge is -2.38. The van der Waals surface area contributed by atoms with Crippen molar-refractivity contribution in [2.24, 2.45) is 5.92 Å². The van der Waals surface area contributed by atoms with Crippen LogP contribution in [0.2, 0.25) is 0 Å². The lowest BCUT2D eigenvalue weighted by molar-refractivity contribution is -0.138. The highest BCUT2D eigenvalue weighted by Gasteiger charge is 2.29. The van der Waals surface area contributed by atoms with Crippen molar-refractivity contribution in [2.75, 3.05) is 13.6 Å². The quantitative estimate of drug-likeness (QED) is 0.871. The number of carboxylic acid groups (broad SMARTS) is 1. The Labute approximate surface area is 102 Å². The van der Waals surface area contributed by atoms with Gasteiger partial charge in [0.15, 0.2) is 0 Å². The van der Waals surface area contributed by atoms with Crippen molar-refractivity contribution in [2.45, 2.75) is 25.8 Å². The number of benzene rings is 1. The Morgan fingerprint density at radius 1 is 1.53 bits per heavy atom. The molecule has 0 fully saturated rings. The molecule has 1 N–H and O–H groups in total. The molecule has 2 atom stereocenters. The van der Waals surface area contributed by atoms with Gasteiger partial charge in [-0.05, 0) is 30.5 Å². The summed E-state index contributed by atoms with van der Waals surface area (Å²) in [7, 11) is 2.08. The van der Waals surface area contributed by atoms with E-state index in [1.54, 1.807) is 0 Å². The van der Waals surface area contributed by atoms with Crippen molar-refractivity contribution in [3.8, 4) is 0 Å². The summed E-state index contributed by atoms with van der Waals surface area (Å²) >= 11 is 0. The summed E-state index contributed by atoms with van der Waals surface area (Å²) in [6.07, 6.45) is 1.28.